The van der Waals surface area contributed by atoms with Gasteiger partial charge in [-0.2, -0.15) is 0 Å². The standard InChI is InChI=1S/C14H20N4O2/c1-9-13(19)16-6-7-18(9)12-8-10(15)4-5-11(12)14(20)17(2)3/h4-5,8-9H,6-7,15H2,1-3H3,(H,16,19). The molecular weight excluding hydrogens is 256 g/mol. The lowest BCUT2D eigenvalue weighted by Gasteiger charge is -2.36. The Morgan fingerprint density at radius 1 is 1.45 bits per heavy atom. The third-order valence-electron chi connectivity index (χ3n) is 3.47. The molecule has 1 aromatic rings. The SMILES string of the molecule is CC1C(=O)NCCN1c1cc(N)ccc1C(=O)N(C)C. The zero-order valence-corrected chi connectivity index (χ0v) is 12.0. The zero-order valence-electron chi connectivity index (χ0n) is 12.0. The van der Waals surface area contributed by atoms with Crippen LogP contribution >= 0.6 is 0 Å². The average Bonchev–Trinajstić information content (AvgIpc) is 2.41. The first kappa shape index (κ1) is 14.2. The minimum Gasteiger partial charge on any atom is -0.399 e. The summed E-state index contributed by atoms with van der Waals surface area (Å²) < 4.78 is 0. The van der Waals surface area contributed by atoms with E-state index in [0.717, 1.165) is 0 Å². The van der Waals surface area contributed by atoms with Gasteiger partial charge in [0.1, 0.15) is 6.04 Å². The molecule has 0 radical (unpaired) electrons. The van der Waals surface area contributed by atoms with E-state index >= 15 is 0 Å². The van der Waals surface area contributed by atoms with E-state index in [1.807, 2.05) is 11.8 Å². The Kier molecular flexibility index (Phi) is 3.83. The van der Waals surface area contributed by atoms with Gasteiger partial charge in [0, 0.05) is 32.9 Å². The van der Waals surface area contributed by atoms with E-state index in [9.17, 15) is 9.59 Å². The van der Waals surface area contributed by atoms with Crippen LogP contribution in [0.25, 0.3) is 0 Å². The summed E-state index contributed by atoms with van der Waals surface area (Å²) in [6, 6.07) is 4.85. The van der Waals surface area contributed by atoms with Crippen molar-refractivity contribution in [1.29, 1.82) is 0 Å². The Bertz CT molecular complexity index is 542. The maximum Gasteiger partial charge on any atom is 0.255 e. The van der Waals surface area contributed by atoms with Crippen molar-refractivity contribution in [3.05, 3.63) is 23.8 Å². The number of nitrogen functional groups attached to an aromatic ring is 1. The summed E-state index contributed by atoms with van der Waals surface area (Å²) in [6.45, 7) is 3.04. The van der Waals surface area contributed by atoms with Gasteiger partial charge in [-0.1, -0.05) is 0 Å². The molecule has 1 unspecified atom stereocenters. The molecule has 0 saturated carbocycles. The van der Waals surface area contributed by atoms with Crippen LogP contribution in [-0.2, 0) is 4.79 Å². The maximum absolute atomic E-state index is 12.3. The lowest BCUT2D eigenvalue weighted by Crippen LogP contribution is -2.54. The molecule has 0 spiro atoms. The number of nitrogens with one attached hydrogen (secondary N) is 1. The Hall–Kier alpha value is -2.24. The van der Waals surface area contributed by atoms with Crippen molar-refractivity contribution in [1.82, 2.24) is 10.2 Å². The molecule has 0 bridgehead atoms. The molecule has 6 nitrogen and oxygen atoms in total. The van der Waals surface area contributed by atoms with Gasteiger partial charge in [0.2, 0.25) is 5.91 Å². The van der Waals surface area contributed by atoms with E-state index < -0.39 is 0 Å². The smallest absolute Gasteiger partial charge is 0.255 e. The quantitative estimate of drug-likeness (QED) is 0.761. The van der Waals surface area contributed by atoms with Crippen LogP contribution in [0, 0.1) is 0 Å². The molecule has 1 aliphatic heterocycles. The average molecular weight is 276 g/mol. The number of hydrogen-bond donors (Lipinski definition) is 2. The predicted octanol–water partition coefficient (Wildman–Crippen LogP) is 0.295. The molecule has 0 aromatic heterocycles. The van der Waals surface area contributed by atoms with Gasteiger partial charge in [-0.15, -0.1) is 0 Å². The molecule has 1 saturated heterocycles. The highest BCUT2D eigenvalue weighted by Crippen LogP contribution is 2.27. The highest BCUT2D eigenvalue weighted by atomic mass is 16.2. The number of hydrogen-bond acceptors (Lipinski definition) is 4. The molecule has 1 atom stereocenters. The predicted molar refractivity (Wildman–Crippen MR) is 78.7 cm³/mol. The first-order valence-corrected chi connectivity index (χ1v) is 6.57. The third-order valence-corrected chi connectivity index (χ3v) is 3.47. The lowest BCUT2D eigenvalue weighted by molar-refractivity contribution is -0.122. The van der Waals surface area contributed by atoms with Gasteiger partial charge in [0.15, 0.2) is 0 Å². The second-order valence-corrected chi connectivity index (χ2v) is 5.14. The van der Waals surface area contributed by atoms with Gasteiger partial charge >= 0.3 is 0 Å². The van der Waals surface area contributed by atoms with Gasteiger partial charge < -0.3 is 20.9 Å². The summed E-state index contributed by atoms with van der Waals surface area (Å²) in [6.07, 6.45) is 0. The second-order valence-electron chi connectivity index (χ2n) is 5.14. The maximum atomic E-state index is 12.3. The monoisotopic (exact) mass is 276 g/mol. The van der Waals surface area contributed by atoms with E-state index in [1.165, 1.54) is 4.90 Å². The highest BCUT2D eigenvalue weighted by molar-refractivity contribution is 6.01. The summed E-state index contributed by atoms with van der Waals surface area (Å²) in [7, 11) is 3.41. The minimum absolute atomic E-state index is 0.0399. The van der Waals surface area contributed by atoms with Crippen molar-refractivity contribution in [3.63, 3.8) is 0 Å². The highest BCUT2D eigenvalue weighted by Gasteiger charge is 2.28. The molecule has 6 heteroatoms. The van der Waals surface area contributed by atoms with Gasteiger partial charge in [-0.3, -0.25) is 9.59 Å². The first-order chi connectivity index (χ1) is 9.41. The molecule has 2 amide bonds. The van der Waals surface area contributed by atoms with Crippen LogP contribution in [-0.4, -0.2) is 49.9 Å². The second kappa shape index (κ2) is 5.40. The van der Waals surface area contributed by atoms with Crippen molar-refractivity contribution in [2.45, 2.75) is 13.0 Å². The molecular formula is C14H20N4O2. The number of benzene rings is 1. The van der Waals surface area contributed by atoms with E-state index in [2.05, 4.69) is 5.32 Å². The number of piperazine rings is 1. The number of carbonyl (C=O) groups is 2. The van der Waals surface area contributed by atoms with Crippen molar-refractivity contribution in [3.8, 4) is 0 Å². The largest absolute Gasteiger partial charge is 0.399 e. The van der Waals surface area contributed by atoms with Crippen molar-refractivity contribution >= 4 is 23.2 Å². The zero-order chi connectivity index (χ0) is 14.9. The van der Waals surface area contributed by atoms with Gasteiger partial charge in [-0.05, 0) is 25.1 Å². The van der Waals surface area contributed by atoms with Crippen LogP contribution in [0.1, 0.15) is 17.3 Å². The van der Waals surface area contributed by atoms with Crippen molar-refractivity contribution in [2.24, 2.45) is 0 Å². The lowest BCUT2D eigenvalue weighted by atomic mass is 10.1. The third kappa shape index (κ3) is 2.54. The van der Waals surface area contributed by atoms with E-state index in [0.29, 0.717) is 30.0 Å². The van der Waals surface area contributed by atoms with Crippen LogP contribution in [0.5, 0.6) is 0 Å². The number of nitrogens with zero attached hydrogens (tertiary/aromatic N) is 2. The molecule has 1 aliphatic rings. The topological polar surface area (TPSA) is 78.7 Å². The van der Waals surface area contributed by atoms with Crippen LogP contribution in [0.4, 0.5) is 11.4 Å². The van der Waals surface area contributed by atoms with Crippen LogP contribution < -0.4 is 16.0 Å². The fraction of sp³-hybridized carbons (Fsp3) is 0.429. The molecule has 1 aromatic carbocycles. The van der Waals surface area contributed by atoms with Crippen molar-refractivity contribution < 1.29 is 9.59 Å². The van der Waals surface area contributed by atoms with E-state index in [1.54, 1.807) is 32.3 Å². The summed E-state index contributed by atoms with van der Waals surface area (Å²) in [4.78, 5) is 27.5. The molecule has 20 heavy (non-hydrogen) atoms. The molecule has 1 fully saturated rings. The molecule has 108 valence electrons. The van der Waals surface area contributed by atoms with Crippen LogP contribution in [0.3, 0.4) is 0 Å². The fourth-order valence-corrected chi connectivity index (χ4v) is 2.32. The number of rotatable bonds is 2. The summed E-state index contributed by atoms with van der Waals surface area (Å²) in [5.41, 5.74) is 7.69. The Morgan fingerprint density at radius 3 is 2.80 bits per heavy atom. The summed E-state index contributed by atoms with van der Waals surface area (Å²) in [5, 5.41) is 2.81. The van der Waals surface area contributed by atoms with Crippen LogP contribution in [0.2, 0.25) is 0 Å². The Balaban J connectivity index is 2.46. The summed E-state index contributed by atoms with van der Waals surface area (Å²) in [5.74, 6) is -0.139. The first-order valence-electron chi connectivity index (χ1n) is 6.57. The normalized spacial score (nSPS) is 18.6. The van der Waals surface area contributed by atoms with Crippen molar-refractivity contribution in [2.75, 3.05) is 37.8 Å². The van der Waals surface area contributed by atoms with Gasteiger partial charge in [-0.25, -0.2) is 0 Å². The molecule has 2 rings (SSSR count). The Morgan fingerprint density at radius 2 is 2.15 bits per heavy atom. The van der Waals surface area contributed by atoms with Gasteiger partial charge in [0.25, 0.3) is 5.91 Å². The number of amides is 2. The molecule has 3 N–H and O–H groups in total. The van der Waals surface area contributed by atoms with E-state index in [4.69, 9.17) is 5.73 Å². The Labute approximate surface area is 118 Å². The fourth-order valence-electron chi connectivity index (χ4n) is 2.32. The number of nitrogens with two attached hydrogens (primary N) is 1. The molecule has 0 aliphatic carbocycles. The minimum atomic E-state index is -0.320. The number of anilines is 2. The van der Waals surface area contributed by atoms with E-state index in [-0.39, 0.29) is 17.9 Å². The number of carbonyl (C=O) groups excluding carboxylic acids is 2. The van der Waals surface area contributed by atoms with Crippen LogP contribution in [0.15, 0.2) is 18.2 Å². The molecule has 1 heterocycles. The van der Waals surface area contributed by atoms with Gasteiger partial charge in [0.05, 0.1) is 11.3 Å². The summed E-state index contributed by atoms with van der Waals surface area (Å²) >= 11 is 0.